The molecule has 156 valence electrons. The lowest BCUT2D eigenvalue weighted by Crippen LogP contribution is -2.37. The number of rotatable bonds is 10. The van der Waals surface area contributed by atoms with Crippen LogP contribution >= 0.6 is 0 Å². The third-order valence-electron chi connectivity index (χ3n) is 5.19. The molecule has 0 bridgehead atoms. The summed E-state index contributed by atoms with van der Waals surface area (Å²) in [6, 6.07) is 30.5. The third kappa shape index (κ3) is 6.00. The van der Waals surface area contributed by atoms with Gasteiger partial charge in [-0.2, -0.15) is 0 Å². The monoisotopic (exact) mass is 404 g/mol. The zero-order valence-corrected chi connectivity index (χ0v) is 17.1. The average Bonchev–Trinajstić information content (AvgIpc) is 3.20. The Morgan fingerprint density at radius 2 is 1.13 bits per heavy atom. The summed E-state index contributed by atoms with van der Waals surface area (Å²) in [5.41, 5.74) is 3.42. The summed E-state index contributed by atoms with van der Waals surface area (Å²) in [5.74, 6) is 0. The molecule has 0 aliphatic carbocycles. The Hall–Kier alpha value is -2.50. The summed E-state index contributed by atoms with van der Waals surface area (Å²) in [6.07, 6.45) is -0.456. The maximum atomic E-state index is 6.28. The van der Waals surface area contributed by atoms with E-state index in [0.717, 1.165) is 16.7 Å². The first-order chi connectivity index (χ1) is 14.9. The van der Waals surface area contributed by atoms with E-state index in [2.05, 4.69) is 36.4 Å². The third-order valence-corrected chi connectivity index (χ3v) is 5.19. The molecule has 1 fully saturated rings. The molecule has 1 aliphatic rings. The van der Waals surface area contributed by atoms with Crippen molar-refractivity contribution in [3.05, 3.63) is 108 Å². The number of ether oxygens (including phenoxy) is 4. The van der Waals surface area contributed by atoms with Gasteiger partial charge in [0.05, 0.1) is 33.0 Å². The van der Waals surface area contributed by atoms with Gasteiger partial charge in [-0.3, -0.25) is 0 Å². The van der Waals surface area contributed by atoms with E-state index in [1.165, 1.54) is 0 Å². The first-order valence-corrected chi connectivity index (χ1v) is 10.4. The van der Waals surface area contributed by atoms with Crippen LogP contribution < -0.4 is 0 Å². The Bertz CT molecular complexity index is 854. The van der Waals surface area contributed by atoms with Crippen LogP contribution in [0.1, 0.15) is 16.7 Å². The van der Waals surface area contributed by atoms with Crippen LogP contribution in [0.4, 0.5) is 0 Å². The van der Waals surface area contributed by atoms with E-state index in [1.54, 1.807) is 0 Å². The fourth-order valence-electron chi connectivity index (χ4n) is 3.56. The van der Waals surface area contributed by atoms with Crippen molar-refractivity contribution in [2.45, 2.75) is 38.1 Å². The molecule has 0 N–H and O–H groups in total. The zero-order valence-electron chi connectivity index (χ0n) is 17.1. The van der Waals surface area contributed by atoms with Crippen LogP contribution in [0.5, 0.6) is 0 Å². The molecule has 0 aromatic heterocycles. The van der Waals surface area contributed by atoms with Gasteiger partial charge in [-0.05, 0) is 16.7 Å². The molecule has 0 spiro atoms. The smallest absolute Gasteiger partial charge is 0.115 e. The van der Waals surface area contributed by atoms with E-state index in [1.807, 2.05) is 54.6 Å². The molecule has 1 heterocycles. The molecule has 4 heteroatoms. The van der Waals surface area contributed by atoms with E-state index in [0.29, 0.717) is 33.0 Å². The zero-order chi connectivity index (χ0) is 20.4. The summed E-state index contributed by atoms with van der Waals surface area (Å²) in [5, 5.41) is 0. The van der Waals surface area contributed by atoms with Gasteiger partial charge < -0.3 is 18.9 Å². The van der Waals surface area contributed by atoms with Gasteiger partial charge in [-0.1, -0.05) is 91.0 Å². The lowest BCUT2D eigenvalue weighted by atomic mass is 10.1. The molecule has 3 atom stereocenters. The summed E-state index contributed by atoms with van der Waals surface area (Å²) < 4.78 is 24.4. The van der Waals surface area contributed by atoms with Gasteiger partial charge in [0.2, 0.25) is 0 Å². The van der Waals surface area contributed by atoms with Crippen molar-refractivity contribution in [1.82, 2.24) is 0 Å². The molecule has 4 rings (SSSR count). The van der Waals surface area contributed by atoms with Crippen molar-refractivity contribution < 1.29 is 18.9 Å². The minimum atomic E-state index is -0.176. The Labute approximate surface area is 178 Å². The highest BCUT2D eigenvalue weighted by Crippen LogP contribution is 2.24. The number of hydrogen-bond donors (Lipinski definition) is 0. The molecule has 1 aliphatic heterocycles. The highest BCUT2D eigenvalue weighted by Gasteiger charge is 2.39. The Balaban J connectivity index is 1.35. The van der Waals surface area contributed by atoms with E-state index in [-0.39, 0.29) is 18.3 Å². The molecular formula is C26H28O4. The maximum absolute atomic E-state index is 6.28. The summed E-state index contributed by atoms with van der Waals surface area (Å²) >= 11 is 0. The Morgan fingerprint density at radius 3 is 1.70 bits per heavy atom. The summed E-state index contributed by atoms with van der Waals surface area (Å²) in [6.45, 7) is 2.60. The van der Waals surface area contributed by atoms with Crippen molar-refractivity contribution >= 4 is 0 Å². The fourth-order valence-corrected chi connectivity index (χ4v) is 3.56. The lowest BCUT2D eigenvalue weighted by Gasteiger charge is -2.24. The van der Waals surface area contributed by atoms with Crippen molar-refractivity contribution in [3.8, 4) is 0 Å². The molecule has 0 radical (unpaired) electrons. The van der Waals surface area contributed by atoms with E-state index >= 15 is 0 Å². The lowest BCUT2D eigenvalue weighted by molar-refractivity contribution is -0.0895. The van der Waals surface area contributed by atoms with Crippen molar-refractivity contribution in [2.75, 3.05) is 13.2 Å². The SMILES string of the molecule is c1ccc(COC[C@H]2OC[C@@H](OCc3ccccc3)[C@H]2OCc2ccccc2)cc1. The Morgan fingerprint density at radius 1 is 0.633 bits per heavy atom. The first-order valence-electron chi connectivity index (χ1n) is 10.4. The topological polar surface area (TPSA) is 36.9 Å². The second-order valence-corrected chi connectivity index (χ2v) is 7.47. The van der Waals surface area contributed by atoms with Crippen molar-refractivity contribution in [3.63, 3.8) is 0 Å². The molecule has 0 unspecified atom stereocenters. The molecule has 4 nitrogen and oxygen atoms in total. The van der Waals surface area contributed by atoms with Crippen LogP contribution in [-0.2, 0) is 38.8 Å². The van der Waals surface area contributed by atoms with Gasteiger partial charge in [-0.25, -0.2) is 0 Å². The molecule has 0 saturated carbocycles. The predicted octanol–water partition coefficient (Wildman–Crippen LogP) is 4.77. The highest BCUT2D eigenvalue weighted by molar-refractivity contribution is 5.15. The van der Waals surface area contributed by atoms with Gasteiger partial charge in [0.15, 0.2) is 0 Å². The molecule has 3 aromatic carbocycles. The minimum Gasteiger partial charge on any atom is -0.374 e. The van der Waals surface area contributed by atoms with Gasteiger partial charge in [0, 0.05) is 0 Å². The van der Waals surface area contributed by atoms with Crippen LogP contribution in [0.25, 0.3) is 0 Å². The van der Waals surface area contributed by atoms with Crippen molar-refractivity contribution in [2.24, 2.45) is 0 Å². The predicted molar refractivity (Wildman–Crippen MR) is 116 cm³/mol. The number of hydrogen-bond acceptors (Lipinski definition) is 4. The van der Waals surface area contributed by atoms with Gasteiger partial charge in [0.1, 0.15) is 18.3 Å². The van der Waals surface area contributed by atoms with Crippen LogP contribution in [0.15, 0.2) is 91.0 Å². The molecule has 30 heavy (non-hydrogen) atoms. The van der Waals surface area contributed by atoms with Crippen LogP contribution in [0, 0.1) is 0 Å². The van der Waals surface area contributed by atoms with Crippen LogP contribution in [0.3, 0.4) is 0 Å². The van der Waals surface area contributed by atoms with Crippen LogP contribution in [-0.4, -0.2) is 31.5 Å². The quantitative estimate of drug-likeness (QED) is 0.488. The van der Waals surface area contributed by atoms with Gasteiger partial charge >= 0.3 is 0 Å². The molecule has 3 aromatic rings. The molecule has 0 amide bonds. The van der Waals surface area contributed by atoms with Gasteiger partial charge in [0.25, 0.3) is 0 Å². The maximum Gasteiger partial charge on any atom is 0.115 e. The highest BCUT2D eigenvalue weighted by atomic mass is 16.6. The minimum absolute atomic E-state index is 0.126. The largest absolute Gasteiger partial charge is 0.374 e. The standard InChI is InChI=1S/C26H28O4/c1-4-10-21(11-5-1)16-27-19-24-26(30-18-23-14-8-3-9-15-23)25(20-29-24)28-17-22-12-6-2-7-13-22/h1-15,24-26H,16-20H2/t24-,25-,26+/m1/s1. The van der Waals surface area contributed by atoms with E-state index in [4.69, 9.17) is 18.9 Å². The second-order valence-electron chi connectivity index (χ2n) is 7.47. The van der Waals surface area contributed by atoms with Crippen molar-refractivity contribution in [1.29, 1.82) is 0 Å². The van der Waals surface area contributed by atoms with Crippen LogP contribution in [0.2, 0.25) is 0 Å². The van der Waals surface area contributed by atoms with Gasteiger partial charge in [-0.15, -0.1) is 0 Å². The average molecular weight is 405 g/mol. The Kier molecular flexibility index (Phi) is 7.64. The summed E-state index contributed by atoms with van der Waals surface area (Å²) in [4.78, 5) is 0. The summed E-state index contributed by atoms with van der Waals surface area (Å²) in [7, 11) is 0. The molecule has 1 saturated heterocycles. The van der Waals surface area contributed by atoms with E-state index in [9.17, 15) is 0 Å². The molecular weight excluding hydrogens is 376 g/mol. The fraction of sp³-hybridized carbons (Fsp3) is 0.308. The second kappa shape index (κ2) is 11.0. The van der Waals surface area contributed by atoms with E-state index < -0.39 is 0 Å². The number of benzene rings is 3. The first kappa shape index (κ1) is 20.8. The normalized spacial score (nSPS) is 21.0.